The molecule has 0 saturated heterocycles. The molecule has 0 atom stereocenters. The Morgan fingerprint density at radius 3 is 1.86 bits per heavy atom. The van der Waals surface area contributed by atoms with E-state index in [1.54, 1.807) is 11.3 Å². The number of para-hydroxylation sites is 1. The van der Waals surface area contributed by atoms with Gasteiger partial charge in [0.2, 0.25) is 5.95 Å². The van der Waals surface area contributed by atoms with Crippen molar-refractivity contribution in [2.75, 3.05) is 0 Å². The normalized spacial score (nSPS) is 12.9. The van der Waals surface area contributed by atoms with Crippen molar-refractivity contribution in [1.82, 2.24) is 24.5 Å². The van der Waals surface area contributed by atoms with Gasteiger partial charge in [0.1, 0.15) is 0 Å². The molecule has 0 unspecified atom stereocenters. The lowest BCUT2D eigenvalue weighted by Crippen LogP contribution is -2.15. The largest absolute Gasteiger partial charge is 0.278 e. The fourth-order valence-corrected chi connectivity index (χ4v) is 11.9. The fraction of sp³-hybridized carbons (Fsp3) is 0.0476. The van der Waals surface area contributed by atoms with Crippen LogP contribution in [0.5, 0.6) is 0 Å². The zero-order chi connectivity index (χ0) is 45.8. The van der Waals surface area contributed by atoms with Gasteiger partial charge in [-0.15, -0.1) is 11.3 Å². The van der Waals surface area contributed by atoms with Crippen LogP contribution in [0.4, 0.5) is 0 Å². The smallest absolute Gasteiger partial charge is 0.235 e. The maximum absolute atomic E-state index is 5.36. The molecule has 0 fully saturated rings. The third kappa shape index (κ3) is 6.22. The molecule has 0 saturated carbocycles. The van der Waals surface area contributed by atoms with E-state index in [9.17, 15) is 0 Å². The lowest BCUT2D eigenvalue weighted by atomic mass is 9.81. The summed E-state index contributed by atoms with van der Waals surface area (Å²) in [5.74, 6) is 1.38. The second-order valence-electron chi connectivity index (χ2n) is 18.6. The molecule has 0 bridgehead atoms. The summed E-state index contributed by atoms with van der Waals surface area (Å²) in [4.78, 5) is 22.4. The number of nitrogens with zero attached hydrogens (tertiary/aromatic N) is 5. The highest BCUT2D eigenvalue weighted by atomic mass is 32.1. The molecule has 5 nitrogen and oxygen atoms in total. The fourth-order valence-electron chi connectivity index (χ4n) is 10.8. The molecule has 0 spiro atoms. The van der Waals surface area contributed by atoms with Gasteiger partial charge < -0.3 is 0 Å². The van der Waals surface area contributed by atoms with Gasteiger partial charge in [-0.3, -0.25) is 4.57 Å². The Labute approximate surface area is 402 Å². The molecule has 4 aromatic heterocycles. The highest BCUT2D eigenvalue weighted by molar-refractivity contribution is 7.22. The van der Waals surface area contributed by atoms with Crippen molar-refractivity contribution < 1.29 is 0 Å². The minimum Gasteiger partial charge on any atom is -0.278 e. The van der Waals surface area contributed by atoms with Gasteiger partial charge in [-0.05, 0) is 92.2 Å². The Balaban J connectivity index is 0.902. The van der Waals surface area contributed by atoms with Crippen LogP contribution >= 0.6 is 11.3 Å². The van der Waals surface area contributed by atoms with Crippen molar-refractivity contribution in [3.63, 3.8) is 0 Å². The van der Waals surface area contributed by atoms with E-state index >= 15 is 0 Å². The van der Waals surface area contributed by atoms with Crippen molar-refractivity contribution in [1.29, 1.82) is 0 Å². The topological polar surface area (TPSA) is 56.5 Å². The molecule has 4 heterocycles. The van der Waals surface area contributed by atoms with E-state index in [1.165, 1.54) is 59.8 Å². The maximum Gasteiger partial charge on any atom is 0.235 e. The molecule has 0 radical (unpaired) electrons. The highest BCUT2D eigenvalue weighted by Crippen LogP contribution is 2.51. The van der Waals surface area contributed by atoms with Crippen LogP contribution < -0.4 is 0 Å². The minimum absolute atomic E-state index is 0.225. The van der Waals surface area contributed by atoms with Crippen molar-refractivity contribution in [2.45, 2.75) is 19.3 Å². The molecule has 1 aliphatic rings. The van der Waals surface area contributed by atoms with Crippen molar-refractivity contribution in [2.24, 2.45) is 0 Å². The molecule has 0 N–H and O–H groups in total. The van der Waals surface area contributed by atoms with E-state index in [2.05, 4.69) is 225 Å². The summed E-state index contributed by atoms with van der Waals surface area (Å²) in [6.45, 7) is 4.70. The first kappa shape index (κ1) is 39.6. The second-order valence-corrected chi connectivity index (χ2v) is 19.7. The average molecular weight is 900 g/mol. The van der Waals surface area contributed by atoms with Crippen LogP contribution in [0, 0.1) is 0 Å². The molecule has 13 aromatic rings. The molecule has 0 aliphatic heterocycles. The van der Waals surface area contributed by atoms with Gasteiger partial charge in [0, 0.05) is 43.1 Å². The summed E-state index contributed by atoms with van der Waals surface area (Å²) in [5, 5.41) is 5.79. The van der Waals surface area contributed by atoms with Gasteiger partial charge in [-0.1, -0.05) is 184 Å². The van der Waals surface area contributed by atoms with Crippen LogP contribution in [0.15, 0.2) is 212 Å². The first-order valence-corrected chi connectivity index (χ1v) is 24.3. The summed E-state index contributed by atoms with van der Waals surface area (Å²) in [5.41, 5.74) is 17.4. The van der Waals surface area contributed by atoms with E-state index in [0.717, 1.165) is 71.6 Å². The molecule has 6 heteroatoms. The van der Waals surface area contributed by atoms with E-state index < -0.39 is 0 Å². The van der Waals surface area contributed by atoms with E-state index in [4.69, 9.17) is 19.9 Å². The molecule has 9 aromatic carbocycles. The highest BCUT2D eigenvalue weighted by Gasteiger charge is 2.36. The summed E-state index contributed by atoms with van der Waals surface area (Å²) < 4.78 is 3.35. The summed E-state index contributed by atoms with van der Waals surface area (Å²) in [7, 11) is 0. The Bertz CT molecular complexity index is 4210. The van der Waals surface area contributed by atoms with Crippen LogP contribution in [0.2, 0.25) is 0 Å². The number of hydrogen-bond donors (Lipinski definition) is 0. The predicted molar refractivity (Wildman–Crippen MR) is 287 cm³/mol. The third-order valence-corrected chi connectivity index (χ3v) is 15.4. The van der Waals surface area contributed by atoms with Crippen LogP contribution in [0.1, 0.15) is 25.0 Å². The molecule has 14 rings (SSSR count). The van der Waals surface area contributed by atoms with Gasteiger partial charge in [-0.2, -0.15) is 0 Å². The Hall–Kier alpha value is -8.58. The van der Waals surface area contributed by atoms with Crippen LogP contribution in [0.25, 0.3) is 126 Å². The first-order chi connectivity index (χ1) is 33.9. The van der Waals surface area contributed by atoms with Crippen molar-refractivity contribution in [3.05, 3.63) is 223 Å². The van der Waals surface area contributed by atoms with Gasteiger partial charge in [0.15, 0.2) is 5.82 Å². The van der Waals surface area contributed by atoms with E-state index in [-0.39, 0.29) is 5.41 Å². The van der Waals surface area contributed by atoms with Crippen LogP contribution in [-0.4, -0.2) is 24.5 Å². The Kier molecular flexibility index (Phi) is 8.73. The maximum atomic E-state index is 5.36. The number of aromatic nitrogens is 5. The number of fused-ring (bicyclic) bond motifs is 10. The first-order valence-electron chi connectivity index (χ1n) is 23.5. The number of thiophene rings is 1. The minimum atomic E-state index is -0.225. The molecule has 1 aliphatic carbocycles. The number of rotatable bonds is 6. The molecular weight excluding hydrogens is 859 g/mol. The molecular formula is C63H41N5S. The van der Waals surface area contributed by atoms with Crippen LogP contribution in [0.3, 0.4) is 0 Å². The summed E-state index contributed by atoms with van der Waals surface area (Å²) >= 11 is 1.76. The third-order valence-electron chi connectivity index (χ3n) is 14.2. The van der Waals surface area contributed by atoms with Crippen molar-refractivity contribution in [3.8, 4) is 72.5 Å². The second kappa shape index (κ2) is 15.2. The summed E-state index contributed by atoms with van der Waals surface area (Å²) in [6, 6.07) is 75.9. The zero-order valence-corrected chi connectivity index (χ0v) is 38.7. The lowest BCUT2D eigenvalue weighted by Gasteiger charge is -2.22. The SMILES string of the molecule is CC1(C)c2ccc(-c3nc(-c4ccccc4)c4sc(-c5ccccc5)cc4n3)cc2-c2ccc(-c3ccc4c(c3)c3c5ccccc5ccc3n4-c3nc(-c4ccccc4)c4ccccc4n3)cc21. The lowest BCUT2D eigenvalue weighted by molar-refractivity contribution is 0.660. The van der Waals surface area contributed by atoms with Crippen LogP contribution in [-0.2, 0) is 5.41 Å². The zero-order valence-electron chi connectivity index (χ0n) is 37.9. The molecule has 69 heavy (non-hydrogen) atoms. The van der Waals surface area contributed by atoms with Gasteiger partial charge in [0.25, 0.3) is 0 Å². The van der Waals surface area contributed by atoms with Crippen molar-refractivity contribution >= 4 is 65.0 Å². The van der Waals surface area contributed by atoms with E-state index in [1.807, 2.05) is 6.07 Å². The number of benzene rings is 9. The Morgan fingerprint density at radius 1 is 0.406 bits per heavy atom. The average Bonchev–Trinajstić information content (AvgIpc) is 4.06. The summed E-state index contributed by atoms with van der Waals surface area (Å²) in [6.07, 6.45) is 0. The standard InChI is InChI=1S/C63H41N5S/c1-63(2)50-31-27-44(61-64-53-37-56(39-17-6-3-7-18-39)69-60(53)59(66-61)41-21-10-5-11-22-41)35-48(50)46-30-26-43(36-51(46)63)42-29-32-54-49(34-42)57-45-23-13-12-16-38(45)28-33-55(57)68(54)62-65-52-25-15-14-24-47(52)58(67-62)40-19-8-4-9-20-40/h3-37H,1-2H3. The van der Waals surface area contributed by atoms with Gasteiger partial charge >= 0.3 is 0 Å². The van der Waals surface area contributed by atoms with Gasteiger partial charge in [-0.25, -0.2) is 19.9 Å². The molecule has 0 amide bonds. The van der Waals surface area contributed by atoms with Gasteiger partial charge in [0.05, 0.1) is 38.2 Å². The Morgan fingerprint density at radius 2 is 1.06 bits per heavy atom. The van der Waals surface area contributed by atoms with E-state index in [0.29, 0.717) is 5.95 Å². The predicted octanol–water partition coefficient (Wildman–Crippen LogP) is 16.5. The molecule has 324 valence electrons. The number of hydrogen-bond acceptors (Lipinski definition) is 5. The quantitative estimate of drug-likeness (QED) is 0.167. The monoisotopic (exact) mass is 899 g/mol.